The highest BCUT2D eigenvalue weighted by atomic mass is 127. The Morgan fingerprint density at radius 1 is 1.58 bits per heavy atom. The highest BCUT2D eigenvalue weighted by Crippen LogP contribution is 1.93. The first-order chi connectivity index (χ1) is 5.79. The summed E-state index contributed by atoms with van der Waals surface area (Å²) in [7, 11) is 0. The maximum atomic E-state index is 10.5. The Labute approximate surface area is 84.7 Å². The Morgan fingerprint density at radius 2 is 2.42 bits per heavy atom. The van der Waals surface area contributed by atoms with Crippen LogP contribution in [0.5, 0.6) is 0 Å². The van der Waals surface area contributed by atoms with Crippen molar-refractivity contribution in [1.29, 1.82) is 0 Å². The van der Waals surface area contributed by atoms with Crippen LogP contribution in [0, 0.1) is 0 Å². The Balaban J connectivity index is 2.29. The number of pyridine rings is 1. The standard InChI is InChI=1S/C8H9IN2O/c9-8(12)11-6-4-7-3-1-2-5-10-7/h1-3,5H,4,6H2,(H,11,12). The second kappa shape index (κ2) is 5.08. The van der Waals surface area contributed by atoms with Crippen LogP contribution in [0.4, 0.5) is 4.79 Å². The molecule has 0 saturated heterocycles. The van der Waals surface area contributed by atoms with Crippen LogP contribution in [-0.2, 0) is 6.42 Å². The van der Waals surface area contributed by atoms with Gasteiger partial charge in [0, 0.05) is 47.4 Å². The Kier molecular flexibility index (Phi) is 3.99. The first-order valence-corrected chi connectivity index (χ1v) is 4.70. The Morgan fingerprint density at radius 3 is 3.00 bits per heavy atom. The zero-order valence-electron chi connectivity index (χ0n) is 6.46. The Bertz CT molecular complexity index is 250. The molecular formula is C8H9IN2O. The minimum absolute atomic E-state index is 0.0245. The molecule has 1 rings (SSSR count). The molecule has 0 atom stereocenters. The molecule has 3 nitrogen and oxygen atoms in total. The van der Waals surface area contributed by atoms with E-state index >= 15 is 0 Å². The molecule has 0 aliphatic rings. The van der Waals surface area contributed by atoms with Crippen LogP contribution >= 0.6 is 22.6 Å². The smallest absolute Gasteiger partial charge is 0.280 e. The van der Waals surface area contributed by atoms with Gasteiger partial charge in [-0.15, -0.1) is 0 Å². The molecule has 0 fully saturated rings. The fourth-order valence-electron chi connectivity index (χ4n) is 0.835. The van der Waals surface area contributed by atoms with E-state index in [1.54, 1.807) is 28.8 Å². The van der Waals surface area contributed by atoms with Gasteiger partial charge in [0.15, 0.2) is 0 Å². The third-order valence-corrected chi connectivity index (χ3v) is 1.75. The summed E-state index contributed by atoms with van der Waals surface area (Å²) in [6.45, 7) is 0.652. The van der Waals surface area contributed by atoms with Crippen molar-refractivity contribution in [2.45, 2.75) is 6.42 Å². The summed E-state index contributed by atoms with van der Waals surface area (Å²) < 4.78 is -0.0245. The van der Waals surface area contributed by atoms with Gasteiger partial charge in [-0.05, 0) is 12.1 Å². The molecular weight excluding hydrogens is 267 g/mol. The lowest BCUT2D eigenvalue weighted by Gasteiger charge is -1.99. The number of aromatic nitrogens is 1. The van der Waals surface area contributed by atoms with Gasteiger partial charge >= 0.3 is 0 Å². The second-order valence-corrected chi connectivity index (χ2v) is 3.25. The van der Waals surface area contributed by atoms with E-state index in [2.05, 4.69) is 10.3 Å². The largest absolute Gasteiger partial charge is 0.347 e. The molecule has 1 amide bonds. The van der Waals surface area contributed by atoms with Crippen LogP contribution < -0.4 is 5.32 Å². The summed E-state index contributed by atoms with van der Waals surface area (Å²) in [5.74, 6) is 0. The van der Waals surface area contributed by atoms with Gasteiger partial charge in [0.1, 0.15) is 0 Å². The van der Waals surface area contributed by atoms with Gasteiger partial charge in [-0.1, -0.05) is 6.07 Å². The maximum absolute atomic E-state index is 10.5. The fraction of sp³-hybridized carbons (Fsp3) is 0.250. The van der Waals surface area contributed by atoms with Crippen LogP contribution in [0.15, 0.2) is 24.4 Å². The third kappa shape index (κ3) is 3.66. The average molecular weight is 276 g/mol. The van der Waals surface area contributed by atoms with Crippen LogP contribution in [0.25, 0.3) is 0 Å². The summed E-state index contributed by atoms with van der Waals surface area (Å²) in [4.78, 5) is 14.6. The molecule has 0 spiro atoms. The topological polar surface area (TPSA) is 42.0 Å². The SMILES string of the molecule is O=C(I)NCCc1ccccn1. The number of halogens is 1. The molecule has 1 N–H and O–H groups in total. The van der Waals surface area contributed by atoms with Gasteiger partial charge in [-0.3, -0.25) is 9.78 Å². The van der Waals surface area contributed by atoms with Crippen LogP contribution in [0.3, 0.4) is 0 Å². The number of nitrogens with zero attached hydrogens (tertiary/aromatic N) is 1. The summed E-state index contributed by atoms with van der Waals surface area (Å²) in [5, 5.41) is 2.70. The van der Waals surface area contributed by atoms with Gasteiger partial charge in [-0.2, -0.15) is 0 Å². The molecule has 0 aliphatic carbocycles. The van der Waals surface area contributed by atoms with E-state index in [1.807, 2.05) is 18.2 Å². The second-order valence-electron chi connectivity index (χ2n) is 2.27. The number of carbonyl (C=O) groups is 1. The van der Waals surface area contributed by atoms with Crippen molar-refractivity contribution in [3.8, 4) is 0 Å². The first kappa shape index (κ1) is 9.44. The van der Waals surface area contributed by atoms with Crippen molar-refractivity contribution >= 4 is 26.5 Å². The van der Waals surface area contributed by atoms with Crippen molar-refractivity contribution in [2.24, 2.45) is 0 Å². The monoisotopic (exact) mass is 276 g/mol. The van der Waals surface area contributed by atoms with Crippen LogP contribution in [0.1, 0.15) is 5.69 Å². The first-order valence-electron chi connectivity index (χ1n) is 3.62. The molecule has 0 radical (unpaired) electrons. The van der Waals surface area contributed by atoms with Crippen LogP contribution in [0.2, 0.25) is 0 Å². The number of hydrogen-bond donors (Lipinski definition) is 1. The zero-order chi connectivity index (χ0) is 8.81. The molecule has 1 heterocycles. The van der Waals surface area contributed by atoms with E-state index in [0.717, 1.165) is 12.1 Å². The maximum Gasteiger partial charge on any atom is 0.280 e. The molecule has 0 aliphatic heterocycles. The van der Waals surface area contributed by atoms with Crippen molar-refractivity contribution < 1.29 is 4.79 Å². The lowest BCUT2D eigenvalue weighted by atomic mass is 10.3. The summed E-state index contributed by atoms with van der Waals surface area (Å²) in [6.07, 6.45) is 2.54. The molecule has 64 valence electrons. The molecule has 1 aromatic rings. The number of nitrogens with one attached hydrogen (secondary N) is 1. The van der Waals surface area contributed by atoms with E-state index in [9.17, 15) is 4.79 Å². The highest BCUT2D eigenvalue weighted by molar-refractivity contribution is 14.1. The number of amides is 1. The van der Waals surface area contributed by atoms with Crippen molar-refractivity contribution in [1.82, 2.24) is 10.3 Å². The van der Waals surface area contributed by atoms with Crippen molar-refractivity contribution in [3.63, 3.8) is 0 Å². The highest BCUT2D eigenvalue weighted by Gasteiger charge is 1.94. The minimum Gasteiger partial charge on any atom is -0.347 e. The molecule has 0 bridgehead atoms. The predicted molar refractivity (Wildman–Crippen MR) is 55.4 cm³/mol. The normalized spacial score (nSPS) is 9.42. The predicted octanol–water partition coefficient (Wildman–Crippen LogP) is 1.77. The fourth-order valence-corrected chi connectivity index (χ4v) is 1.10. The van der Waals surface area contributed by atoms with Crippen LogP contribution in [-0.4, -0.2) is 15.4 Å². The quantitative estimate of drug-likeness (QED) is 0.519. The van der Waals surface area contributed by atoms with E-state index in [0.29, 0.717) is 6.54 Å². The molecule has 0 unspecified atom stereocenters. The molecule has 0 saturated carbocycles. The molecule has 12 heavy (non-hydrogen) atoms. The van der Waals surface area contributed by atoms with E-state index in [1.165, 1.54) is 0 Å². The minimum atomic E-state index is -0.0245. The summed E-state index contributed by atoms with van der Waals surface area (Å²) >= 11 is 1.71. The number of rotatable bonds is 3. The summed E-state index contributed by atoms with van der Waals surface area (Å²) in [6, 6.07) is 5.76. The molecule has 1 aromatic heterocycles. The lowest BCUT2D eigenvalue weighted by molar-refractivity contribution is 0.263. The van der Waals surface area contributed by atoms with E-state index < -0.39 is 0 Å². The van der Waals surface area contributed by atoms with Crippen molar-refractivity contribution in [2.75, 3.05) is 6.54 Å². The molecule has 4 heteroatoms. The number of hydrogen-bond acceptors (Lipinski definition) is 2. The number of carbonyl (C=O) groups excluding carboxylic acids is 1. The van der Waals surface area contributed by atoms with Gasteiger partial charge in [0.25, 0.3) is 3.91 Å². The van der Waals surface area contributed by atoms with Crippen molar-refractivity contribution in [3.05, 3.63) is 30.1 Å². The lowest BCUT2D eigenvalue weighted by Crippen LogP contribution is -2.19. The van der Waals surface area contributed by atoms with Gasteiger partial charge in [0.2, 0.25) is 0 Å². The Hall–Kier alpha value is -0.650. The molecule has 0 aromatic carbocycles. The van der Waals surface area contributed by atoms with E-state index in [-0.39, 0.29) is 3.91 Å². The van der Waals surface area contributed by atoms with Gasteiger partial charge in [0.05, 0.1) is 0 Å². The van der Waals surface area contributed by atoms with E-state index in [4.69, 9.17) is 0 Å². The van der Waals surface area contributed by atoms with Gasteiger partial charge in [-0.25, -0.2) is 0 Å². The van der Waals surface area contributed by atoms with Gasteiger partial charge < -0.3 is 5.32 Å². The zero-order valence-corrected chi connectivity index (χ0v) is 8.61. The third-order valence-electron chi connectivity index (χ3n) is 1.37. The summed E-state index contributed by atoms with van der Waals surface area (Å²) in [5.41, 5.74) is 1.00. The average Bonchev–Trinajstić information content (AvgIpc) is 2.05.